The molecule has 92 valence electrons. The third kappa shape index (κ3) is 3.45. The molecule has 17 heavy (non-hydrogen) atoms. The van der Waals surface area contributed by atoms with Crippen molar-refractivity contribution in [2.45, 2.75) is 34.1 Å². The van der Waals surface area contributed by atoms with Crippen LogP contribution in [0.25, 0.3) is 5.57 Å². The van der Waals surface area contributed by atoms with Crippen molar-refractivity contribution in [3.63, 3.8) is 0 Å². The number of aryl methyl sites for hydroxylation is 2. The summed E-state index contributed by atoms with van der Waals surface area (Å²) in [6, 6.07) is 6.28. The van der Waals surface area contributed by atoms with Crippen LogP contribution in [-0.4, -0.2) is 11.1 Å². The number of carboxylic acids is 1. The second-order valence-electron chi connectivity index (χ2n) is 4.58. The third-order valence-electron chi connectivity index (χ3n) is 3.04. The number of carbonyl (C=O) groups is 1. The van der Waals surface area contributed by atoms with Crippen molar-refractivity contribution in [2.75, 3.05) is 0 Å². The Morgan fingerprint density at radius 3 is 2.59 bits per heavy atom. The number of hydrogen-bond acceptors (Lipinski definition) is 1. The van der Waals surface area contributed by atoms with Gasteiger partial charge >= 0.3 is 5.97 Å². The van der Waals surface area contributed by atoms with Gasteiger partial charge in [-0.25, -0.2) is 0 Å². The summed E-state index contributed by atoms with van der Waals surface area (Å²) in [5.74, 6) is -1.09. The molecule has 1 rings (SSSR count). The zero-order chi connectivity index (χ0) is 13.0. The van der Waals surface area contributed by atoms with E-state index in [1.165, 1.54) is 16.7 Å². The molecule has 0 bridgehead atoms. The maximum absolute atomic E-state index is 10.9. The van der Waals surface area contributed by atoms with Crippen molar-refractivity contribution in [3.05, 3.63) is 41.0 Å². The number of rotatable bonds is 4. The molecule has 0 aliphatic carbocycles. The van der Waals surface area contributed by atoms with E-state index in [1.807, 2.05) is 13.0 Å². The molecule has 1 aromatic rings. The number of allylic oxidation sites excluding steroid dienone is 2. The van der Waals surface area contributed by atoms with Gasteiger partial charge in [-0.1, -0.05) is 36.8 Å². The molecule has 1 atom stereocenters. The highest BCUT2D eigenvalue weighted by molar-refractivity contribution is 5.76. The van der Waals surface area contributed by atoms with Crippen LogP contribution in [0, 0.1) is 19.8 Å². The van der Waals surface area contributed by atoms with E-state index in [0.29, 0.717) is 6.42 Å². The normalized spacial score (nSPS) is 13.5. The van der Waals surface area contributed by atoms with Gasteiger partial charge in [-0.2, -0.15) is 0 Å². The van der Waals surface area contributed by atoms with E-state index in [2.05, 4.69) is 32.0 Å². The number of carboxylic acid groups (broad SMARTS) is 1. The molecule has 0 heterocycles. The molecular formula is C15H20O2. The molecule has 0 fully saturated rings. The first-order valence-electron chi connectivity index (χ1n) is 5.91. The fourth-order valence-electron chi connectivity index (χ4n) is 1.88. The Morgan fingerprint density at radius 1 is 1.41 bits per heavy atom. The van der Waals surface area contributed by atoms with Crippen LogP contribution in [0.15, 0.2) is 24.3 Å². The van der Waals surface area contributed by atoms with Crippen LogP contribution in [0.4, 0.5) is 0 Å². The second kappa shape index (κ2) is 5.67. The summed E-state index contributed by atoms with van der Waals surface area (Å²) in [5.41, 5.74) is 4.68. The molecule has 0 aliphatic rings. The molecule has 0 amide bonds. The van der Waals surface area contributed by atoms with E-state index in [9.17, 15) is 4.79 Å². The van der Waals surface area contributed by atoms with Crippen molar-refractivity contribution in [1.29, 1.82) is 0 Å². The van der Waals surface area contributed by atoms with E-state index in [-0.39, 0.29) is 5.92 Å². The topological polar surface area (TPSA) is 37.3 Å². The lowest BCUT2D eigenvalue weighted by molar-refractivity contribution is -0.140. The van der Waals surface area contributed by atoms with Crippen molar-refractivity contribution in [3.8, 4) is 0 Å². The number of hydrogen-bond donors (Lipinski definition) is 1. The standard InChI is InChI=1S/C15H20O2/c1-5-13(9-12(4)15(16)17)14-8-10(2)6-7-11(14)3/h5-8,12H,9H2,1-4H3,(H,16,17)/b13-5-. The number of aliphatic carboxylic acids is 1. The van der Waals surface area contributed by atoms with Gasteiger partial charge in [-0.05, 0) is 43.9 Å². The lowest BCUT2D eigenvalue weighted by Gasteiger charge is -2.14. The highest BCUT2D eigenvalue weighted by atomic mass is 16.4. The van der Waals surface area contributed by atoms with Gasteiger partial charge in [0, 0.05) is 0 Å². The predicted molar refractivity (Wildman–Crippen MR) is 71.0 cm³/mol. The molecule has 0 radical (unpaired) electrons. The lowest BCUT2D eigenvalue weighted by Crippen LogP contribution is -2.10. The van der Waals surface area contributed by atoms with E-state index in [4.69, 9.17) is 5.11 Å². The Morgan fingerprint density at radius 2 is 2.06 bits per heavy atom. The summed E-state index contributed by atoms with van der Waals surface area (Å²) in [5, 5.41) is 8.97. The van der Waals surface area contributed by atoms with Gasteiger partial charge in [-0.15, -0.1) is 0 Å². The van der Waals surface area contributed by atoms with E-state index < -0.39 is 5.97 Å². The van der Waals surface area contributed by atoms with E-state index in [0.717, 1.165) is 5.57 Å². The fraction of sp³-hybridized carbons (Fsp3) is 0.400. The summed E-state index contributed by atoms with van der Waals surface area (Å²) in [6.07, 6.45) is 2.59. The first-order valence-corrected chi connectivity index (χ1v) is 5.91. The fourth-order valence-corrected chi connectivity index (χ4v) is 1.88. The van der Waals surface area contributed by atoms with Gasteiger partial charge in [0.1, 0.15) is 0 Å². The average molecular weight is 232 g/mol. The lowest BCUT2D eigenvalue weighted by atomic mass is 9.91. The molecular weight excluding hydrogens is 212 g/mol. The average Bonchev–Trinajstić information content (AvgIpc) is 2.29. The summed E-state index contributed by atoms with van der Waals surface area (Å²) in [6.45, 7) is 7.82. The summed E-state index contributed by atoms with van der Waals surface area (Å²) in [7, 11) is 0. The highest BCUT2D eigenvalue weighted by Crippen LogP contribution is 2.26. The minimum atomic E-state index is -0.741. The van der Waals surface area contributed by atoms with E-state index in [1.54, 1.807) is 6.92 Å². The molecule has 0 aromatic heterocycles. The van der Waals surface area contributed by atoms with Crippen LogP contribution >= 0.6 is 0 Å². The van der Waals surface area contributed by atoms with Gasteiger partial charge in [0.05, 0.1) is 5.92 Å². The SMILES string of the molecule is C/C=C(/CC(C)C(=O)O)c1cc(C)ccc1C. The molecule has 0 saturated carbocycles. The molecule has 2 nitrogen and oxygen atoms in total. The summed E-state index contributed by atoms with van der Waals surface area (Å²) >= 11 is 0. The van der Waals surface area contributed by atoms with Crippen LogP contribution in [0.5, 0.6) is 0 Å². The summed E-state index contributed by atoms with van der Waals surface area (Å²) < 4.78 is 0. The van der Waals surface area contributed by atoms with E-state index >= 15 is 0 Å². The maximum atomic E-state index is 10.9. The Balaban J connectivity index is 3.03. The maximum Gasteiger partial charge on any atom is 0.306 e. The van der Waals surface area contributed by atoms with Crippen molar-refractivity contribution in [1.82, 2.24) is 0 Å². The molecule has 1 unspecified atom stereocenters. The van der Waals surface area contributed by atoms with Crippen LogP contribution in [-0.2, 0) is 4.79 Å². The zero-order valence-electron chi connectivity index (χ0n) is 10.9. The molecule has 1 N–H and O–H groups in total. The largest absolute Gasteiger partial charge is 0.481 e. The monoisotopic (exact) mass is 232 g/mol. The predicted octanol–water partition coefficient (Wildman–Crippen LogP) is 3.82. The van der Waals surface area contributed by atoms with Crippen molar-refractivity contribution >= 4 is 11.5 Å². The van der Waals surface area contributed by atoms with Gasteiger partial charge in [0.2, 0.25) is 0 Å². The van der Waals surface area contributed by atoms with Crippen LogP contribution in [0.3, 0.4) is 0 Å². The second-order valence-corrected chi connectivity index (χ2v) is 4.58. The Hall–Kier alpha value is -1.57. The Labute approximate surface area is 103 Å². The van der Waals surface area contributed by atoms with Gasteiger partial charge < -0.3 is 5.11 Å². The van der Waals surface area contributed by atoms with Gasteiger partial charge in [-0.3, -0.25) is 4.79 Å². The Bertz CT molecular complexity index is 444. The minimum Gasteiger partial charge on any atom is -0.481 e. The Kier molecular flexibility index (Phi) is 4.50. The highest BCUT2D eigenvalue weighted by Gasteiger charge is 2.15. The van der Waals surface area contributed by atoms with Gasteiger partial charge in [0.25, 0.3) is 0 Å². The van der Waals surface area contributed by atoms with Crippen LogP contribution in [0.1, 0.15) is 37.0 Å². The molecule has 1 aromatic carbocycles. The minimum absolute atomic E-state index is 0.346. The van der Waals surface area contributed by atoms with Crippen LogP contribution < -0.4 is 0 Å². The van der Waals surface area contributed by atoms with Crippen LogP contribution in [0.2, 0.25) is 0 Å². The smallest absolute Gasteiger partial charge is 0.306 e. The molecule has 0 aliphatic heterocycles. The first kappa shape index (κ1) is 13.5. The third-order valence-corrected chi connectivity index (χ3v) is 3.04. The first-order chi connectivity index (χ1) is 7.95. The molecule has 2 heteroatoms. The summed E-state index contributed by atoms with van der Waals surface area (Å²) in [4.78, 5) is 10.9. The van der Waals surface area contributed by atoms with Crippen molar-refractivity contribution in [2.24, 2.45) is 5.92 Å². The number of benzene rings is 1. The quantitative estimate of drug-likeness (QED) is 0.856. The van der Waals surface area contributed by atoms with Crippen molar-refractivity contribution < 1.29 is 9.90 Å². The molecule has 0 spiro atoms. The zero-order valence-corrected chi connectivity index (χ0v) is 10.9. The molecule has 0 saturated heterocycles. The van der Waals surface area contributed by atoms with Gasteiger partial charge in [0.15, 0.2) is 0 Å².